The first-order valence-electron chi connectivity index (χ1n) is 5.99. The van der Waals surface area contributed by atoms with E-state index in [1.54, 1.807) is 7.05 Å². The molecular formula is C13H17N3O2. The fourth-order valence-corrected chi connectivity index (χ4v) is 2.05. The molecular weight excluding hydrogens is 230 g/mol. The van der Waals surface area contributed by atoms with Gasteiger partial charge < -0.3 is 16.4 Å². The third kappa shape index (κ3) is 2.68. The second-order valence-electron chi connectivity index (χ2n) is 4.45. The van der Waals surface area contributed by atoms with Crippen molar-refractivity contribution < 1.29 is 9.59 Å². The van der Waals surface area contributed by atoms with Crippen LogP contribution in [-0.2, 0) is 16.0 Å². The van der Waals surface area contributed by atoms with Crippen LogP contribution in [0.25, 0.3) is 0 Å². The Balaban J connectivity index is 2.16. The molecule has 1 aromatic rings. The molecule has 2 rings (SSSR count). The van der Waals surface area contributed by atoms with Crippen molar-refractivity contribution in [2.45, 2.75) is 25.3 Å². The lowest BCUT2D eigenvalue weighted by molar-refractivity contribution is -0.121. The van der Waals surface area contributed by atoms with E-state index >= 15 is 0 Å². The third-order valence-electron chi connectivity index (χ3n) is 3.14. The molecule has 4 N–H and O–H groups in total. The highest BCUT2D eigenvalue weighted by Crippen LogP contribution is 2.26. The molecule has 5 heteroatoms. The van der Waals surface area contributed by atoms with Gasteiger partial charge in [-0.1, -0.05) is 12.1 Å². The lowest BCUT2D eigenvalue weighted by Gasteiger charge is -2.19. The Morgan fingerprint density at radius 3 is 3.00 bits per heavy atom. The summed E-state index contributed by atoms with van der Waals surface area (Å²) in [5, 5.41) is 5.38. The van der Waals surface area contributed by atoms with E-state index in [1.807, 2.05) is 18.2 Å². The molecule has 5 nitrogen and oxygen atoms in total. The molecule has 0 aromatic heterocycles. The topological polar surface area (TPSA) is 84.2 Å². The van der Waals surface area contributed by atoms with E-state index in [1.165, 1.54) is 0 Å². The van der Waals surface area contributed by atoms with Gasteiger partial charge in [-0.15, -0.1) is 0 Å². The summed E-state index contributed by atoms with van der Waals surface area (Å²) in [6, 6.07) is 5.37. The van der Waals surface area contributed by atoms with Gasteiger partial charge in [-0.2, -0.15) is 0 Å². The first-order chi connectivity index (χ1) is 8.60. The van der Waals surface area contributed by atoms with Gasteiger partial charge in [-0.05, 0) is 23.6 Å². The summed E-state index contributed by atoms with van der Waals surface area (Å²) in [6.45, 7) is 0. The van der Waals surface area contributed by atoms with E-state index in [-0.39, 0.29) is 24.3 Å². The Hall–Kier alpha value is -1.88. The molecule has 1 aliphatic heterocycles. The lowest BCUT2D eigenvalue weighted by atomic mass is 9.96. The molecule has 18 heavy (non-hydrogen) atoms. The molecule has 0 saturated heterocycles. The van der Waals surface area contributed by atoms with Crippen LogP contribution in [0.3, 0.4) is 0 Å². The van der Waals surface area contributed by atoms with E-state index < -0.39 is 0 Å². The molecule has 2 amide bonds. The van der Waals surface area contributed by atoms with Crippen molar-refractivity contribution in [3.63, 3.8) is 0 Å². The minimum absolute atomic E-state index is 0.0462. The van der Waals surface area contributed by atoms with Crippen LogP contribution in [-0.4, -0.2) is 18.9 Å². The summed E-state index contributed by atoms with van der Waals surface area (Å²) in [5.41, 5.74) is 8.84. The molecule has 0 saturated carbocycles. The quantitative estimate of drug-likeness (QED) is 0.735. The number of rotatable bonds is 3. The summed E-state index contributed by atoms with van der Waals surface area (Å²) in [7, 11) is 1.59. The van der Waals surface area contributed by atoms with Crippen LogP contribution in [0.1, 0.15) is 30.0 Å². The van der Waals surface area contributed by atoms with Crippen LogP contribution >= 0.6 is 0 Å². The summed E-state index contributed by atoms with van der Waals surface area (Å²) in [4.78, 5) is 22.5. The van der Waals surface area contributed by atoms with Gasteiger partial charge >= 0.3 is 0 Å². The summed E-state index contributed by atoms with van der Waals surface area (Å²) >= 11 is 0. The van der Waals surface area contributed by atoms with Crippen molar-refractivity contribution in [2.24, 2.45) is 5.73 Å². The van der Waals surface area contributed by atoms with Gasteiger partial charge in [0, 0.05) is 31.6 Å². The molecule has 96 valence electrons. The first-order valence-corrected chi connectivity index (χ1v) is 5.99. The Labute approximate surface area is 106 Å². The van der Waals surface area contributed by atoms with Crippen LogP contribution in [0.4, 0.5) is 5.69 Å². The van der Waals surface area contributed by atoms with Crippen LogP contribution in [0.15, 0.2) is 18.2 Å². The molecule has 0 spiro atoms. The van der Waals surface area contributed by atoms with Gasteiger partial charge in [0.1, 0.15) is 0 Å². The van der Waals surface area contributed by atoms with Gasteiger partial charge in [0.15, 0.2) is 0 Å². The normalized spacial score (nSPS) is 15.6. The highest BCUT2D eigenvalue weighted by molar-refractivity contribution is 5.93. The Bertz CT molecular complexity index is 485. The third-order valence-corrected chi connectivity index (χ3v) is 3.14. The molecule has 0 fully saturated rings. The molecule has 1 aromatic carbocycles. The number of nitrogens with one attached hydrogen (secondary N) is 2. The average molecular weight is 247 g/mol. The number of hydrogen-bond acceptors (Lipinski definition) is 3. The number of nitrogens with two attached hydrogens (primary N) is 1. The molecule has 0 radical (unpaired) electrons. The smallest absolute Gasteiger partial charge is 0.224 e. The van der Waals surface area contributed by atoms with Crippen LogP contribution in [0.2, 0.25) is 0 Å². The van der Waals surface area contributed by atoms with Crippen molar-refractivity contribution in [3.8, 4) is 0 Å². The maximum Gasteiger partial charge on any atom is 0.224 e. The number of fused-ring (bicyclic) bond motifs is 1. The van der Waals surface area contributed by atoms with Crippen LogP contribution in [0.5, 0.6) is 0 Å². The summed E-state index contributed by atoms with van der Waals surface area (Å²) in [5.74, 6) is -0.0292. The van der Waals surface area contributed by atoms with E-state index in [2.05, 4.69) is 10.6 Å². The van der Waals surface area contributed by atoms with E-state index in [4.69, 9.17) is 5.73 Å². The number of carbonyl (C=O) groups is 2. The number of amides is 2. The number of anilines is 1. The predicted molar refractivity (Wildman–Crippen MR) is 69.0 cm³/mol. The van der Waals surface area contributed by atoms with Crippen molar-refractivity contribution in [3.05, 3.63) is 29.3 Å². The fourth-order valence-electron chi connectivity index (χ4n) is 2.05. The minimum atomic E-state index is -0.312. The zero-order chi connectivity index (χ0) is 13.1. The Morgan fingerprint density at radius 1 is 1.50 bits per heavy atom. The van der Waals surface area contributed by atoms with Gasteiger partial charge in [-0.25, -0.2) is 0 Å². The lowest BCUT2D eigenvalue weighted by Crippen LogP contribution is -2.24. The molecule has 1 heterocycles. The minimum Gasteiger partial charge on any atom is -0.359 e. The van der Waals surface area contributed by atoms with Crippen molar-refractivity contribution >= 4 is 17.5 Å². The number of aryl methyl sites for hydroxylation is 1. The molecule has 1 aliphatic rings. The van der Waals surface area contributed by atoms with Crippen LogP contribution < -0.4 is 16.4 Å². The maximum absolute atomic E-state index is 11.3. The van der Waals surface area contributed by atoms with E-state index in [0.29, 0.717) is 6.42 Å². The average Bonchev–Trinajstić information content (AvgIpc) is 2.37. The largest absolute Gasteiger partial charge is 0.359 e. The summed E-state index contributed by atoms with van der Waals surface area (Å²) < 4.78 is 0. The molecule has 1 atom stereocenters. The Morgan fingerprint density at radius 2 is 2.28 bits per heavy atom. The van der Waals surface area contributed by atoms with E-state index in [0.717, 1.165) is 23.2 Å². The van der Waals surface area contributed by atoms with Crippen molar-refractivity contribution in [1.82, 2.24) is 5.32 Å². The fraction of sp³-hybridized carbons (Fsp3) is 0.385. The van der Waals surface area contributed by atoms with Crippen LogP contribution in [0, 0.1) is 0 Å². The zero-order valence-electron chi connectivity index (χ0n) is 10.3. The van der Waals surface area contributed by atoms with Gasteiger partial charge in [0.2, 0.25) is 11.8 Å². The maximum atomic E-state index is 11.3. The van der Waals surface area contributed by atoms with Gasteiger partial charge in [0.05, 0.1) is 0 Å². The highest BCUT2D eigenvalue weighted by Gasteiger charge is 2.17. The Kier molecular flexibility index (Phi) is 3.62. The standard InChI is InChI=1S/C13H17N3O2/c1-15-13(18)7-10(14)8-2-4-11-9(6-8)3-5-12(17)16-11/h2,4,6,10H,3,5,7,14H2,1H3,(H,15,18)(H,16,17). The SMILES string of the molecule is CNC(=O)CC(N)c1ccc2c(c1)CCC(=O)N2. The predicted octanol–water partition coefficient (Wildman–Crippen LogP) is 0.707. The van der Waals surface area contributed by atoms with E-state index in [9.17, 15) is 9.59 Å². The molecule has 1 unspecified atom stereocenters. The van der Waals surface area contributed by atoms with Gasteiger partial charge in [0.25, 0.3) is 0 Å². The molecule has 0 aliphatic carbocycles. The number of benzene rings is 1. The van der Waals surface area contributed by atoms with Crippen molar-refractivity contribution in [1.29, 1.82) is 0 Å². The second-order valence-corrected chi connectivity index (χ2v) is 4.45. The number of hydrogen-bond donors (Lipinski definition) is 3. The first kappa shape index (κ1) is 12.6. The van der Waals surface area contributed by atoms with Crippen molar-refractivity contribution in [2.75, 3.05) is 12.4 Å². The number of carbonyl (C=O) groups excluding carboxylic acids is 2. The monoisotopic (exact) mass is 247 g/mol. The second kappa shape index (κ2) is 5.18. The molecule has 0 bridgehead atoms. The summed E-state index contributed by atoms with van der Waals surface area (Å²) in [6.07, 6.45) is 1.49. The zero-order valence-corrected chi connectivity index (χ0v) is 10.3. The van der Waals surface area contributed by atoms with Gasteiger partial charge in [-0.3, -0.25) is 9.59 Å². The highest BCUT2D eigenvalue weighted by atomic mass is 16.2.